The lowest BCUT2D eigenvalue weighted by molar-refractivity contribution is -0.387. The number of nitrogens with one attached hydrogen (secondary N) is 1. The molecular formula is C18H13ClN2O4S. The van der Waals surface area contributed by atoms with E-state index in [1.165, 1.54) is 18.4 Å². The van der Waals surface area contributed by atoms with Crippen molar-refractivity contribution in [1.82, 2.24) is 5.32 Å². The molecule has 0 unspecified atom stereocenters. The van der Waals surface area contributed by atoms with Gasteiger partial charge in [-0.15, -0.1) is 0 Å². The van der Waals surface area contributed by atoms with Crippen LogP contribution >= 0.6 is 23.4 Å². The van der Waals surface area contributed by atoms with E-state index in [0.717, 1.165) is 11.8 Å². The van der Waals surface area contributed by atoms with Gasteiger partial charge >= 0.3 is 0 Å². The zero-order chi connectivity index (χ0) is 18.5. The van der Waals surface area contributed by atoms with Crippen LogP contribution in [0.2, 0.25) is 5.02 Å². The highest BCUT2D eigenvalue weighted by Gasteiger charge is 2.20. The summed E-state index contributed by atoms with van der Waals surface area (Å²) in [5, 5.41) is 14.3. The Morgan fingerprint density at radius 1 is 1.15 bits per heavy atom. The zero-order valence-corrected chi connectivity index (χ0v) is 14.9. The van der Waals surface area contributed by atoms with Crippen molar-refractivity contribution in [2.45, 2.75) is 16.3 Å². The Balaban J connectivity index is 1.86. The van der Waals surface area contributed by atoms with E-state index in [1.54, 1.807) is 42.5 Å². The Morgan fingerprint density at radius 3 is 2.69 bits per heavy atom. The van der Waals surface area contributed by atoms with Gasteiger partial charge < -0.3 is 9.73 Å². The molecule has 0 saturated heterocycles. The minimum absolute atomic E-state index is 0.103. The fourth-order valence-corrected chi connectivity index (χ4v) is 3.61. The summed E-state index contributed by atoms with van der Waals surface area (Å²) >= 11 is 7.24. The van der Waals surface area contributed by atoms with Crippen LogP contribution in [0.4, 0.5) is 5.69 Å². The second-order valence-electron chi connectivity index (χ2n) is 5.21. The Labute approximate surface area is 158 Å². The average molecular weight is 389 g/mol. The minimum atomic E-state index is -0.492. The summed E-state index contributed by atoms with van der Waals surface area (Å²) in [6.45, 7) is 0.247. The fraction of sp³-hybridized carbons (Fsp3) is 0.0556. The Morgan fingerprint density at radius 2 is 1.96 bits per heavy atom. The molecule has 0 aliphatic rings. The Kier molecular flexibility index (Phi) is 5.60. The summed E-state index contributed by atoms with van der Waals surface area (Å²) in [7, 11) is 0. The van der Waals surface area contributed by atoms with E-state index in [0.29, 0.717) is 21.1 Å². The molecule has 6 nitrogen and oxygen atoms in total. The van der Waals surface area contributed by atoms with Gasteiger partial charge in [0.2, 0.25) is 0 Å². The number of furan rings is 1. The largest absolute Gasteiger partial charge is 0.467 e. The van der Waals surface area contributed by atoms with Crippen LogP contribution in [-0.4, -0.2) is 10.8 Å². The van der Waals surface area contributed by atoms with Crippen LogP contribution in [0.5, 0.6) is 0 Å². The van der Waals surface area contributed by atoms with E-state index in [-0.39, 0.29) is 23.2 Å². The minimum Gasteiger partial charge on any atom is -0.467 e. The second kappa shape index (κ2) is 8.07. The molecule has 26 heavy (non-hydrogen) atoms. The summed E-state index contributed by atoms with van der Waals surface area (Å²) < 4.78 is 5.19. The predicted molar refractivity (Wildman–Crippen MR) is 98.5 cm³/mol. The van der Waals surface area contributed by atoms with Crippen molar-refractivity contribution >= 4 is 35.0 Å². The molecule has 0 atom stereocenters. The molecule has 1 aromatic heterocycles. The van der Waals surface area contributed by atoms with Crippen LogP contribution < -0.4 is 5.32 Å². The normalized spacial score (nSPS) is 10.5. The van der Waals surface area contributed by atoms with Gasteiger partial charge in [0.25, 0.3) is 11.6 Å². The van der Waals surface area contributed by atoms with Crippen molar-refractivity contribution in [3.8, 4) is 0 Å². The van der Waals surface area contributed by atoms with Gasteiger partial charge in [0.1, 0.15) is 10.7 Å². The lowest BCUT2D eigenvalue weighted by Gasteiger charge is -2.10. The van der Waals surface area contributed by atoms with Crippen molar-refractivity contribution in [2.75, 3.05) is 0 Å². The third kappa shape index (κ3) is 4.07. The summed E-state index contributed by atoms with van der Waals surface area (Å²) in [4.78, 5) is 24.2. The molecule has 1 N–H and O–H groups in total. The standard InChI is InChI=1S/C18H13ClN2O4S/c19-14-7-3-8-15(21(23)24)17(14)26-16-9-2-1-6-13(16)18(22)20-11-12-5-4-10-25-12/h1-10H,11H2,(H,20,22). The van der Waals surface area contributed by atoms with Gasteiger partial charge in [0.05, 0.1) is 28.3 Å². The van der Waals surface area contributed by atoms with Crippen molar-refractivity contribution in [2.24, 2.45) is 0 Å². The number of hydrogen-bond donors (Lipinski definition) is 1. The molecule has 0 aliphatic carbocycles. The highest BCUT2D eigenvalue weighted by molar-refractivity contribution is 7.99. The third-order valence-corrected chi connectivity index (χ3v) is 5.13. The first kappa shape index (κ1) is 18.0. The first-order valence-electron chi connectivity index (χ1n) is 7.56. The monoisotopic (exact) mass is 388 g/mol. The quantitative estimate of drug-likeness (QED) is 0.478. The number of nitro groups is 1. The maximum Gasteiger partial charge on any atom is 0.284 e. The molecule has 3 aromatic rings. The molecule has 0 radical (unpaired) electrons. The number of hydrogen-bond acceptors (Lipinski definition) is 5. The van der Waals surface area contributed by atoms with Gasteiger partial charge in [-0.2, -0.15) is 0 Å². The molecule has 1 amide bonds. The number of carbonyl (C=O) groups excluding carboxylic acids is 1. The number of carbonyl (C=O) groups is 1. The SMILES string of the molecule is O=C(NCc1ccco1)c1ccccc1Sc1c(Cl)cccc1[N+](=O)[O-]. The first-order chi connectivity index (χ1) is 12.6. The van der Waals surface area contributed by atoms with E-state index < -0.39 is 4.92 Å². The van der Waals surface area contributed by atoms with Crippen LogP contribution in [0.25, 0.3) is 0 Å². The average Bonchev–Trinajstić information content (AvgIpc) is 3.15. The maximum atomic E-state index is 12.5. The fourth-order valence-electron chi connectivity index (χ4n) is 2.27. The lowest BCUT2D eigenvalue weighted by atomic mass is 10.2. The molecular weight excluding hydrogens is 376 g/mol. The van der Waals surface area contributed by atoms with Crippen LogP contribution in [0.15, 0.2) is 75.1 Å². The third-order valence-electron chi connectivity index (χ3n) is 3.49. The summed E-state index contributed by atoms with van der Waals surface area (Å²) in [6.07, 6.45) is 1.53. The number of halogens is 1. The number of amides is 1. The van der Waals surface area contributed by atoms with Gasteiger partial charge in [-0.25, -0.2) is 0 Å². The number of nitro benzene ring substituents is 1. The second-order valence-corrected chi connectivity index (χ2v) is 6.66. The van der Waals surface area contributed by atoms with Gasteiger partial charge in [0.15, 0.2) is 0 Å². The molecule has 3 rings (SSSR count). The van der Waals surface area contributed by atoms with E-state index in [9.17, 15) is 14.9 Å². The van der Waals surface area contributed by atoms with Crippen LogP contribution in [0, 0.1) is 10.1 Å². The Hall–Kier alpha value is -2.77. The van der Waals surface area contributed by atoms with Gasteiger partial charge in [-0.05, 0) is 30.3 Å². The zero-order valence-electron chi connectivity index (χ0n) is 13.3. The van der Waals surface area contributed by atoms with Gasteiger partial charge in [0, 0.05) is 11.0 Å². The summed E-state index contributed by atoms with van der Waals surface area (Å²) in [5.74, 6) is 0.324. The summed E-state index contributed by atoms with van der Waals surface area (Å²) in [6, 6.07) is 14.8. The van der Waals surface area contributed by atoms with Crippen molar-refractivity contribution in [3.63, 3.8) is 0 Å². The summed E-state index contributed by atoms with van der Waals surface area (Å²) in [5.41, 5.74) is 0.298. The molecule has 0 saturated carbocycles. The highest BCUT2D eigenvalue weighted by atomic mass is 35.5. The van der Waals surface area contributed by atoms with Crippen molar-refractivity contribution < 1.29 is 14.1 Å². The highest BCUT2D eigenvalue weighted by Crippen LogP contribution is 2.40. The topological polar surface area (TPSA) is 85.4 Å². The number of benzene rings is 2. The van der Waals surface area contributed by atoms with Gasteiger partial charge in [-0.1, -0.05) is 41.6 Å². The first-order valence-corrected chi connectivity index (χ1v) is 8.76. The van der Waals surface area contributed by atoms with E-state index in [1.807, 2.05) is 0 Å². The molecule has 0 spiro atoms. The van der Waals surface area contributed by atoms with E-state index >= 15 is 0 Å². The molecule has 8 heteroatoms. The number of rotatable bonds is 6. The van der Waals surface area contributed by atoms with Crippen LogP contribution in [0.1, 0.15) is 16.1 Å². The molecule has 2 aromatic carbocycles. The molecule has 0 aliphatic heterocycles. The van der Waals surface area contributed by atoms with Crippen LogP contribution in [0.3, 0.4) is 0 Å². The van der Waals surface area contributed by atoms with E-state index in [4.69, 9.17) is 16.0 Å². The predicted octanol–water partition coefficient (Wildman–Crippen LogP) is 4.92. The smallest absolute Gasteiger partial charge is 0.284 e. The molecule has 0 bridgehead atoms. The Bertz CT molecular complexity index is 944. The molecule has 132 valence electrons. The molecule has 0 fully saturated rings. The van der Waals surface area contributed by atoms with Gasteiger partial charge in [-0.3, -0.25) is 14.9 Å². The number of nitrogens with zero attached hydrogens (tertiary/aromatic N) is 1. The van der Waals surface area contributed by atoms with Crippen LogP contribution in [-0.2, 0) is 6.54 Å². The molecule has 1 heterocycles. The lowest BCUT2D eigenvalue weighted by Crippen LogP contribution is -2.23. The van der Waals surface area contributed by atoms with E-state index in [2.05, 4.69) is 5.32 Å². The maximum absolute atomic E-state index is 12.5. The van der Waals surface area contributed by atoms with Crippen molar-refractivity contribution in [1.29, 1.82) is 0 Å². The van der Waals surface area contributed by atoms with Crippen molar-refractivity contribution in [3.05, 3.63) is 87.3 Å².